The Hall–Kier alpha value is -2.84. The molecule has 3 aromatic rings. The second kappa shape index (κ2) is 7.53. The predicted molar refractivity (Wildman–Crippen MR) is 109 cm³/mol. The maximum absolute atomic E-state index is 13.2. The van der Waals surface area contributed by atoms with Crippen LogP contribution in [0.3, 0.4) is 0 Å². The van der Waals surface area contributed by atoms with Crippen LogP contribution in [0, 0.1) is 5.82 Å². The van der Waals surface area contributed by atoms with E-state index in [0.29, 0.717) is 30.9 Å². The first kappa shape index (κ1) is 18.2. The quantitative estimate of drug-likeness (QED) is 0.698. The molecule has 0 fully saturated rings. The second-order valence-electron chi connectivity index (χ2n) is 6.82. The topological polar surface area (TPSA) is 67.2 Å². The van der Waals surface area contributed by atoms with Crippen molar-refractivity contribution in [2.75, 3.05) is 19.9 Å². The molecule has 2 aliphatic rings. The summed E-state index contributed by atoms with van der Waals surface area (Å²) in [6, 6.07) is 12.1. The van der Waals surface area contributed by atoms with Gasteiger partial charge in [-0.3, -0.25) is 0 Å². The molecule has 2 aromatic carbocycles. The zero-order valence-electron chi connectivity index (χ0n) is 15.5. The predicted octanol–water partition coefficient (Wildman–Crippen LogP) is 4.08. The van der Waals surface area contributed by atoms with E-state index in [-0.39, 0.29) is 19.2 Å². The van der Waals surface area contributed by atoms with Crippen molar-refractivity contribution in [3.05, 3.63) is 53.8 Å². The number of thioether (sulfide) groups is 1. The number of aliphatic hydroxyl groups excluding tert-OH is 1. The maximum Gasteiger partial charge on any atom is 0.231 e. The van der Waals surface area contributed by atoms with Crippen LogP contribution in [0.5, 0.6) is 11.5 Å². The van der Waals surface area contributed by atoms with Crippen LogP contribution in [0.2, 0.25) is 0 Å². The van der Waals surface area contributed by atoms with Gasteiger partial charge in [0.25, 0.3) is 0 Å². The number of aromatic nitrogens is 1. The summed E-state index contributed by atoms with van der Waals surface area (Å²) < 4.78 is 24.2. The van der Waals surface area contributed by atoms with Crippen molar-refractivity contribution < 1.29 is 19.0 Å². The Balaban J connectivity index is 1.54. The first-order valence-electron chi connectivity index (χ1n) is 9.31. The molecule has 6 nitrogen and oxygen atoms in total. The minimum atomic E-state index is -0.292. The number of rotatable bonds is 4. The lowest BCUT2D eigenvalue weighted by atomic mass is 10.1. The number of aliphatic hydroxyl groups is 1. The Bertz CT molecular complexity index is 1100. The molecule has 0 aliphatic carbocycles. The Kier molecular flexibility index (Phi) is 4.73. The molecule has 8 heteroatoms. The normalized spacial score (nSPS) is 16.5. The molecule has 1 N–H and O–H groups in total. The van der Waals surface area contributed by atoms with Crippen molar-refractivity contribution in [3.8, 4) is 11.5 Å². The average molecular weight is 411 g/mol. The van der Waals surface area contributed by atoms with Gasteiger partial charge in [0.15, 0.2) is 16.7 Å². The Morgan fingerprint density at radius 1 is 1.14 bits per heavy atom. The molecule has 5 rings (SSSR count). The van der Waals surface area contributed by atoms with Crippen molar-refractivity contribution in [1.29, 1.82) is 0 Å². The summed E-state index contributed by atoms with van der Waals surface area (Å²) in [6.07, 6.45) is 0.637. The molecular weight excluding hydrogens is 393 g/mol. The van der Waals surface area contributed by atoms with Crippen LogP contribution in [0.1, 0.15) is 12.0 Å². The largest absolute Gasteiger partial charge is 0.454 e. The zero-order chi connectivity index (χ0) is 19.8. The van der Waals surface area contributed by atoms with Gasteiger partial charge in [0.2, 0.25) is 6.79 Å². The summed E-state index contributed by atoms with van der Waals surface area (Å²) in [6.45, 7) is 1.64. The minimum absolute atomic E-state index is 0.108. The second-order valence-corrected chi connectivity index (χ2v) is 7.78. The Morgan fingerprint density at radius 3 is 2.72 bits per heavy atom. The van der Waals surface area contributed by atoms with Crippen LogP contribution in [-0.2, 0) is 6.54 Å². The number of halogens is 1. The van der Waals surface area contributed by atoms with Gasteiger partial charge in [-0.05, 0) is 54.6 Å². The molecule has 0 saturated heterocycles. The third kappa shape index (κ3) is 3.61. The highest BCUT2D eigenvalue weighted by molar-refractivity contribution is 8.13. The third-order valence-electron chi connectivity index (χ3n) is 4.81. The molecule has 2 aliphatic heterocycles. The lowest BCUT2D eigenvalue weighted by Crippen LogP contribution is -2.33. The smallest absolute Gasteiger partial charge is 0.231 e. The molecule has 0 unspecified atom stereocenters. The highest BCUT2D eigenvalue weighted by Crippen LogP contribution is 2.39. The number of amidine groups is 1. The number of aliphatic imine (C=N–C) groups is 1. The number of pyridine rings is 1. The zero-order valence-corrected chi connectivity index (χ0v) is 16.3. The fourth-order valence-electron chi connectivity index (χ4n) is 3.37. The van der Waals surface area contributed by atoms with Gasteiger partial charge in [0.05, 0.1) is 11.2 Å². The molecule has 0 atom stereocenters. The van der Waals surface area contributed by atoms with Crippen LogP contribution in [0.25, 0.3) is 10.9 Å². The molecule has 0 radical (unpaired) electrons. The van der Waals surface area contributed by atoms with Crippen molar-refractivity contribution in [1.82, 2.24) is 9.88 Å². The molecular formula is C21H18FN3O3S. The fourth-order valence-corrected chi connectivity index (χ4v) is 4.38. The van der Waals surface area contributed by atoms with E-state index >= 15 is 0 Å². The van der Waals surface area contributed by atoms with Gasteiger partial charge in [-0.15, -0.1) is 0 Å². The van der Waals surface area contributed by atoms with Crippen LogP contribution in [-0.4, -0.2) is 40.1 Å². The minimum Gasteiger partial charge on any atom is -0.454 e. The molecule has 0 spiro atoms. The van der Waals surface area contributed by atoms with Crippen molar-refractivity contribution in [3.63, 3.8) is 0 Å². The van der Waals surface area contributed by atoms with Gasteiger partial charge in [0.1, 0.15) is 10.8 Å². The molecule has 0 saturated carbocycles. The van der Waals surface area contributed by atoms with E-state index in [0.717, 1.165) is 32.4 Å². The molecule has 0 amide bonds. The number of hydrogen-bond donors (Lipinski definition) is 1. The number of benzene rings is 2. The summed E-state index contributed by atoms with van der Waals surface area (Å²) in [5.74, 6) is 1.15. The first-order chi connectivity index (χ1) is 14.2. The Labute approximate surface area is 171 Å². The molecule has 3 heterocycles. The number of nitrogens with zero attached hydrogens (tertiary/aromatic N) is 3. The summed E-state index contributed by atoms with van der Waals surface area (Å²) in [4.78, 5) is 11.6. The van der Waals surface area contributed by atoms with Crippen molar-refractivity contribution >= 4 is 33.5 Å². The number of fused-ring (bicyclic) bond motifs is 3. The molecule has 0 bridgehead atoms. The van der Waals surface area contributed by atoms with Gasteiger partial charge in [-0.2, -0.15) is 0 Å². The van der Waals surface area contributed by atoms with Gasteiger partial charge in [0, 0.05) is 36.7 Å². The van der Waals surface area contributed by atoms with E-state index in [2.05, 4.69) is 11.0 Å². The fraction of sp³-hybridized carbons (Fsp3) is 0.238. The number of ether oxygens (including phenoxy) is 2. The monoisotopic (exact) mass is 411 g/mol. The lowest BCUT2D eigenvalue weighted by molar-refractivity contribution is 0.174. The first-order valence-corrected chi connectivity index (χ1v) is 10.1. The van der Waals surface area contributed by atoms with Gasteiger partial charge in [-0.1, -0.05) is 0 Å². The highest BCUT2D eigenvalue weighted by atomic mass is 32.2. The van der Waals surface area contributed by atoms with E-state index in [1.54, 1.807) is 12.1 Å². The Morgan fingerprint density at radius 2 is 1.93 bits per heavy atom. The molecule has 29 heavy (non-hydrogen) atoms. The van der Waals surface area contributed by atoms with E-state index in [9.17, 15) is 9.50 Å². The van der Waals surface area contributed by atoms with E-state index < -0.39 is 0 Å². The van der Waals surface area contributed by atoms with Crippen LogP contribution in [0.15, 0.2) is 52.5 Å². The van der Waals surface area contributed by atoms with E-state index in [1.807, 2.05) is 12.1 Å². The van der Waals surface area contributed by atoms with Crippen LogP contribution < -0.4 is 9.47 Å². The molecule has 1 aromatic heterocycles. The standard InChI is InChI=1S/C21H18FN3O3S/c22-15-2-4-16(5-3-15)23-21-25(6-1-7-26)11-14-8-13-9-18-19(28-12-27-18)10-17(13)24-20(14)29-21/h2-5,8-10,26H,1,6-7,11-12H2. The SMILES string of the molecule is OCCCN1Cc2cc3cc4c(cc3nc2SC1=Nc1ccc(F)cc1)OCO4. The molecule has 148 valence electrons. The van der Waals surface area contributed by atoms with Gasteiger partial charge >= 0.3 is 0 Å². The van der Waals surface area contributed by atoms with Crippen LogP contribution >= 0.6 is 11.8 Å². The summed E-state index contributed by atoms with van der Waals surface area (Å²) >= 11 is 1.48. The lowest BCUT2D eigenvalue weighted by Gasteiger charge is -2.30. The third-order valence-corrected chi connectivity index (χ3v) is 5.88. The van der Waals surface area contributed by atoms with Crippen molar-refractivity contribution in [2.24, 2.45) is 4.99 Å². The van der Waals surface area contributed by atoms with Crippen molar-refractivity contribution in [2.45, 2.75) is 18.0 Å². The van der Waals surface area contributed by atoms with Gasteiger partial charge < -0.3 is 19.5 Å². The summed E-state index contributed by atoms with van der Waals surface area (Å²) in [5, 5.41) is 11.9. The maximum atomic E-state index is 13.2. The van der Waals surface area contributed by atoms with Crippen LogP contribution in [0.4, 0.5) is 10.1 Å². The number of hydrogen-bond acceptors (Lipinski definition) is 6. The van der Waals surface area contributed by atoms with E-state index in [1.165, 1.54) is 23.9 Å². The average Bonchev–Trinajstić information content (AvgIpc) is 3.18. The summed E-state index contributed by atoms with van der Waals surface area (Å²) in [5.41, 5.74) is 2.61. The van der Waals surface area contributed by atoms with Gasteiger partial charge in [-0.25, -0.2) is 14.4 Å². The highest BCUT2D eigenvalue weighted by Gasteiger charge is 2.25. The van der Waals surface area contributed by atoms with E-state index in [4.69, 9.17) is 19.5 Å². The summed E-state index contributed by atoms with van der Waals surface area (Å²) in [7, 11) is 0.